The van der Waals surface area contributed by atoms with Crippen molar-refractivity contribution in [2.75, 3.05) is 13.1 Å². The number of rotatable bonds is 3. The third-order valence-corrected chi connectivity index (χ3v) is 2.59. The molecule has 2 aliphatic rings. The van der Waals surface area contributed by atoms with Gasteiger partial charge in [-0.15, -0.1) is 0 Å². The Kier molecular flexibility index (Phi) is 2.59. The first-order valence-corrected chi connectivity index (χ1v) is 4.98. The SMILES string of the molecule is O=C(CN1C(=O)CCC1=O)NC1CNC1=O. The molecule has 4 amide bonds. The molecule has 2 heterocycles. The van der Waals surface area contributed by atoms with E-state index in [4.69, 9.17) is 0 Å². The van der Waals surface area contributed by atoms with Gasteiger partial charge >= 0.3 is 0 Å². The molecular formula is C9H11N3O4. The smallest absolute Gasteiger partial charge is 0.244 e. The lowest BCUT2D eigenvalue weighted by Crippen LogP contribution is -2.62. The molecule has 0 radical (unpaired) electrons. The lowest BCUT2D eigenvalue weighted by molar-refractivity contribution is -0.143. The summed E-state index contributed by atoms with van der Waals surface area (Å²) in [6.45, 7) is 0.105. The summed E-state index contributed by atoms with van der Waals surface area (Å²) in [5, 5.41) is 4.91. The Morgan fingerprint density at radius 1 is 1.31 bits per heavy atom. The summed E-state index contributed by atoms with van der Waals surface area (Å²) in [4.78, 5) is 45.6. The molecule has 2 rings (SSSR count). The van der Waals surface area contributed by atoms with E-state index in [0.29, 0.717) is 6.54 Å². The highest BCUT2D eigenvalue weighted by atomic mass is 16.2. The molecule has 2 N–H and O–H groups in total. The van der Waals surface area contributed by atoms with E-state index in [9.17, 15) is 19.2 Å². The minimum Gasteiger partial charge on any atom is -0.352 e. The molecule has 7 nitrogen and oxygen atoms in total. The molecule has 2 saturated heterocycles. The number of carbonyl (C=O) groups is 4. The van der Waals surface area contributed by atoms with E-state index in [-0.39, 0.29) is 37.1 Å². The molecule has 0 spiro atoms. The second-order valence-electron chi connectivity index (χ2n) is 3.74. The number of carbonyl (C=O) groups excluding carboxylic acids is 4. The second-order valence-corrected chi connectivity index (χ2v) is 3.74. The van der Waals surface area contributed by atoms with Crippen LogP contribution in [0.4, 0.5) is 0 Å². The molecule has 0 aromatic carbocycles. The lowest BCUT2D eigenvalue weighted by Gasteiger charge is -2.27. The number of imide groups is 1. The third kappa shape index (κ3) is 1.88. The van der Waals surface area contributed by atoms with E-state index in [2.05, 4.69) is 10.6 Å². The quantitative estimate of drug-likeness (QED) is 0.419. The minimum atomic E-state index is -0.527. The van der Waals surface area contributed by atoms with Crippen molar-refractivity contribution in [2.45, 2.75) is 18.9 Å². The molecular weight excluding hydrogens is 214 g/mol. The molecule has 86 valence electrons. The lowest BCUT2D eigenvalue weighted by atomic mass is 10.1. The fraction of sp³-hybridized carbons (Fsp3) is 0.556. The summed E-state index contributed by atoms with van der Waals surface area (Å²) in [6, 6.07) is -0.527. The summed E-state index contributed by atoms with van der Waals surface area (Å²) in [7, 11) is 0. The Bertz CT molecular complexity index is 363. The number of likely N-dealkylation sites (tertiary alicyclic amines) is 1. The van der Waals surface area contributed by atoms with Gasteiger partial charge in [0.2, 0.25) is 23.6 Å². The first-order chi connectivity index (χ1) is 7.58. The normalized spacial score (nSPS) is 24.1. The first-order valence-electron chi connectivity index (χ1n) is 4.98. The van der Waals surface area contributed by atoms with Gasteiger partial charge in [0, 0.05) is 19.4 Å². The van der Waals surface area contributed by atoms with E-state index in [1.165, 1.54) is 0 Å². The molecule has 16 heavy (non-hydrogen) atoms. The van der Waals surface area contributed by atoms with Gasteiger partial charge in [-0.3, -0.25) is 24.1 Å². The summed E-state index contributed by atoms with van der Waals surface area (Å²) in [6.07, 6.45) is 0.325. The zero-order valence-corrected chi connectivity index (χ0v) is 8.49. The molecule has 0 aromatic heterocycles. The van der Waals surface area contributed by atoms with Crippen LogP contribution in [0.2, 0.25) is 0 Å². The Morgan fingerprint density at radius 2 is 1.94 bits per heavy atom. The number of β-lactam (4-membered cyclic amide) rings is 1. The van der Waals surface area contributed by atoms with E-state index in [1.54, 1.807) is 0 Å². The Labute approximate surface area is 91.2 Å². The van der Waals surface area contributed by atoms with Gasteiger partial charge in [0.25, 0.3) is 0 Å². The predicted octanol–water partition coefficient (Wildman–Crippen LogP) is -2.25. The van der Waals surface area contributed by atoms with Crippen LogP contribution in [0.1, 0.15) is 12.8 Å². The van der Waals surface area contributed by atoms with Crippen LogP contribution in [-0.4, -0.2) is 47.7 Å². The summed E-state index contributed by atoms with van der Waals surface area (Å²) >= 11 is 0. The van der Waals surface area contributed by atoms with E-state index < -0.39 is 11.9 Å². The Morgan fingerprint density at radius 3 is 2.38 bits per heavy atom. The van der Waals surface area contributed by atoms with Gasteiger partial charge in [-0.05, 0) is 0 Å². The number of nitrogens with one attached hydrogen (secondary N) is 2. The van der Waals surface area contributed by atoms with Gasteiger partial charge in [-0.2, -0.15) is 0 Å². The number of nitrogens with zero attached hydrogens (tertiary/aromatic N) is 1. The van der Waals surface area contributed by atoms with Crippen LogP contribution in [-0.2, 0) is 19.2 Å². The molecule has 0 aliphatic carbocycles. The molecule has 0 saturated carbocycles. The monoisotopic (exact) mass is 225 g/mol. The molecule has 1 atom stereocenters. The van der Waals surface area contributed by atoms with Crippen LogP contribution in [0.3, 0.4) is 0 Å². The van der Waals surface area contributed by atoms with Crippen molar-refractivity contribution in [1.82, 2.24) is 15.5 Å². The van der Waals surface area contributed by atoms with E-state index >= 15 is 0 Å². The summed E-state index contributed by atoms with van der Waals surface area (Å²) in [5.74, 6) is -1.40. The largest absolute Gasteiger partial charge is 0.352 e. The molecule has 0 aromatic rings. The van der Waals surface area contributed by atoms with E-state index in [0.717, 1.165) is 4.90 Å². The average Bonchev–Trinajstić information content (AvgIpc) is 2.55. The van der Waals surface area contributed by atoms with Gasteiger partial charge in [0.05, 0.1) is 0 Å². The zero-order valence-electron chi connectivity index (χ0n) is 8.49. The van der Waals surface area contributed by atoms with Crippen LogP contribution in [0.25, 0.3) is 0 Å². The second kappa shape index (κ2) is 3.92. The average molecular weight is 225 g/mol. The molecule has 2 fully saturated rings. The highest BCUT2D eigenvalue weighted by molar-refractivity contribution is 6.05. The topological polar surface area (TPSA) is 95.6 Å². The van der Waals surface area contributed by atoms with Crippen LogP contribution >= 0.6 is 0 Å². The van der Waals surface area contributed by atoms with Crippen molar-refractivity contribution in [3.05, 3.63) is 0 Å². The molecule has 2 aliphatic heterocycles. The highest BCUT2D eigenvalue weighted by Crippen LogP contribution is 2.10. The fourth-order valence-corrected chi connectivity index (χ4v) is 1.59. The van der Waals surface area contributed by atoms with Crippen LogP contribution in [0.5, 0.6) is 0 Å². The van der Waals surface area contributed by atoms with Gasteiger partial charge in [0.15, 0.2) is 0 Å². The van der Waals surface area contributed by atoms with Crippen molar-refractivity contribution in [1.29, 1.82) is 0 Å². The van der Waals surface area contributed by atoms with Crippen molar-refractivity contribution in [2.24, 2.45) is 0 Å². The zero-order chi connectivity index (χ0) is 11.7. The summed E-state index contributed by atoms with van der Waals surface area (Å²) < 4.78 is 0. The molecule has 7 heteroatoms. The predicted molar refractivity (Wildman–Crippen MR) is 50.9 cm³/mol. The molecule has 0 bridgehead atoms. The van der Waals surface area contributed by atoms with Crippen LogP contribution in [0, 0.1) is 0 Å². The van der Waals surface area contributed by atoms with Gasteiger partial charge in [0.1, 0.15) is 12.6 Å². The Balaban J connectivity index is 1.84. The Hall–Kier alpha value is -1.92. The van der Waals surface area contributed by atoms with Gasteiger partial charge < -0.3 is 10.6 Å². The molecule has 1 unspecified atom stereocenters. The number of amides is 4. The van der Waals surface area contributed by atoms with Crippen LogP contribution in [0.15, 0.2) is 0 Å². The number of hydrogen-bond donors (Lipinski definition) is 2. The first kappa shape index (κ1) is 10.6. The standard InChI is InChI=1S/C9H11N3O4/c13-6(11-5-3-10-9(5)16)4-12-7(14)1-2-8(12)15/h5H,1-4H2,(H,10,16)(H,11,13). The number of hydrogen-bond acceptors (Lipinski definition) is 4. The van der Waals surface area contributed by atoms with Crippen molar-refractivity contribution < 1.29 is 19.2 Å². The van der Waals surface area contributed by atoms with Crippen molar-refractivity contribution in [3.8, 4) is 0 Å². The third-order valence-electron chi connectivity index (χ3n) is 2.59. The maximum absolute atomic E-state index is 11.4. The maximum atomic E-state index is 11.4. The van der Waals surface area contributed by atoms with Crippen LogP contribution < -0.4 is 10.6 Å². The summed E-state index contributed by atoms with van der Waals surface area (Å²) in [5.41, 5.74) is 0. The van der Waals surface area contributed by atoms with Crippen molar-refractivity contribution >= 4 is 23.6 Å². The van der Waals surface area contributed by atoms with Gasteiger partial charge in [-0.1, -0.05) is 0 Å². The maximum Gasteiger partial charge on any atom is 0.244 e. The minimum absolute atomic E-state index is 0.163. The fourth-order valence-electron chi connectivity index (χ4n) is 1.59. The van der Waals surface area contributed by atoms with E-state index in [1.807, 2.05) is 0 Å². The van der Waals surface area contributed by atoms with Crippen molar-refractivity contribution in [3.63, 3.8) is 0 Å². The highest BCUT2D eigenvalue weighted by Gasteiger charge is 2.33. The van der Waals surface area contributed by atoms with Gasteiger partial charge in [-0.25, -0.2) is 0 Å².